The fourth-order valence-electron chi connectivity index (χ4n) is 2.30. The lowest BCUT2D eigenvalue weighted by molar-refractivity contribution is -0.138. The maximum absolute atomic E-state index is 12.9. The summed E-state index contributed by atoms with van der Waals surface area (Å²) in [4.78, 5) is 25.6. The van der Waals surface area contributed by atoms with Crippen molar-refractivity contribution in [1.29, 1.82) is 0 Å². The molecular formula is C18H16F3NO3. The minimum absolute atomic E-state index is 0.333. The number of rotatable bonds is 5. The van der Waals surface area contributed by atoms with Crippen LogP contribution in [0.2, 0.25) is 0 Å². The van der Waals surface area contributed by atoms with Gasteiger partial charge in [-0.3, -0.25) is 4.79 Å². The Morgan fingerprint density at radius 1 is 1.00 bits per heavy atom. The Hall–Kier alpha value is -2.83. The van der Waals surface area contributed by atoms with Gasteiger partial charge in [0.1, 0.15) is 0 Å². The second kappa shape index (κ2) is 7.83. The van der Waals surface area contributed by atoms with Gasteiger partial charge in [0.2, 0.25) is 0 Å². The first kappa shape index (κ1) is 18.5. The first-order valence-electron chi connectivity index (χ1n) is 7.53. The fourth-order valence-corrected chi connectivity index (χ4v) is 2.30. The van der Waals surface area contributed by atoms with Crippen LogP contribution in [0.1, 0.15) is 22.8 Å². The number of nitrogens with zero attached hydrogens (tertiary/aromatic N) is 1. The third kappa shape index (κ3) is 4.59. The number of esters is 1. The van der Waals surface area contributed by atoms with Crippen LogP contribution in [0.15, 0.2) is 54.6 Å². The lowest BCUT2D eigenvalue weighted by Gasteiger charge is -2.21. The van der Waals surface area contributed by atoms with E-state index in [1.807, 2.05) is 0 Å². The van der Waals surface area contributed by atoms with Crippen molar-refractivity contribution in [2.45, 2.75) is 13.1 Å². The van der Waals surface area contributed by atoms with Gasteiger partial charge in [0.25, 0.3) is 5.91 Å². The summed E-state index contributed by atoms with van der Waals surface area (Å²) >= 11 is 0. The molecule has 0 unspecified atom stereocenters. The van der Waals surface area contributed by atoms with Gasteiger partial charge < -0.3 is 9.64 Å². The molecule has 0 spiro atoms. The van der Waals surface area contributed by atoms with Crippen LogP contribution in [0, 0.1) is 0 Å². The molecule has 0 aromatic heterocycles. The highest BCUT2D eigenvalue weighted by Crippen LogP contribution is 2.32. The SMILES string of the molecule is CCN(C(=O)COC(=O)c1ccccc1C(F)(F)F)c1ccccc1. The second-order valence-corrected chi connectivity index (χ2v) is 5.09. The summed E-state index contributed by atoms with van der Waals surface area (Å²) in [6, 6.07) is 13.0. The molecule has 0 aliphatic rings. The first-order valence-corrected chi connectivity index (χ1v) is 7.53. The number of para-hydroxylation sites is 1. The zero-order chi connectivity index (χ0) is 18.4. The van der Waals surface area contributed by atoms with E-state index in [1.165, 1.54) is 17.0 Å². The lowest BCUT2D eigenvalue weighted by atomic mass is 10.1. The van der Waals surface area contributed by atoms with E-state index in [1.54, 1.807) is 37.3 Å². The largest absolute Gasteiger partial charge is 0.452 e. The molecule has 0 fully saturated rings. The van der Waals surface area contributed by atoms with E-state index in [9.17, 15) is 22.8 Å². The van der Waals surface area contributed by atoms with E-state index in [-0.39, 0.29) is 0 Å². The number of likely N-dealkylation sites (N-methyl/N-ethyl adjacent to an activating group) is 1. The van der Waals surface area contributed by atoms with E-state index in [4.69, 9.17) is 4.74 Å². The lowest BCUT2D eigenvalue weighted by Crippen LogP contribution is -2.34. The van der Waals surface area contributed by atoms with Gasteiger partial charge in [0, 0.05) is 12.2 Å². The number of alkyl halides is 3. The number of anilines is 1. The van der Waals surface area contributed by atoms with Crippen LogP contribution >= 0.6 is 0 Å². The van der Waals surface area contributed by atoms with E-state index in [0.29, 0.717) is 12.2 Å². The Balaban J connectivity index is 2.09. The van der Waals surface area contributed by atoms with Crippen LogP contribution in [-0.2, 0) is 15.7 Å². The molecular weight excluding hydrogens is 335 g/mol. The normalized spacial score (nSPS) is 11.0. The Bertz CT molecular complexity index is 745. The Morgan fingerprint density at radius 3 is 2.20 bits per heavy atom. The number of carbonyl (C=O) groups excluding carboxylic acids is 2. The molecule has 2 aromatic rings. The number of amides is 1. The molecule has 132 valence electrons. The van der Waals surface area contributed by atoms with E-state index in [2.05, 4.69) is 0 Å². The topological polar surface area (TPSA) is 46.6 Å². The summed E-state index contributed by atoms with van der Waals surface area (Å²) < 4.78 is 43.6. The molecule has 2 rings (SSSR count). The predicted molar refractivity (Wildman–Crippen MR) is 86.2 cm³/mol. The third-order valence-electron chi connectivity index (χ3n) is 3.46. The van der Waals surface area contributed by atoms with Crippen molar-refractivity contribution in [2.24, 2.45) is 0 Å². The van der Waals surface area contributed by atoms with Crippen LogP contribution < -0.4 is 4.90 Å². The molecule has 1 amide bonds. The van der Waals surface area contributed by atoms with Crippen LogP contribution in [0.4, 0.5) is 18.9 Å². The van der Waals surface area contributed by atoms with Gasteiger partial charge >= 0.3 is 12.1 Å². The van der Waals surface area contributed by atoms with Crippen molar-refractivity contribution in [1.82, 2.24) is 0 Å². The molecule has 25 heavy (non-hydrogen) atoms. The molecule has 0 atom stereocenters. The van der Waals surface area contributed by atoms with Crippen LogP contribution in [0.25, 0.3) is 0 Å². The highest BCUT2D eigenvalue weighted by atomic mass is 19.4. The highest BCUT2D eigenvalue weighted by Gasteiger charge is 2.35. The molecule has 0 aliphatic carbocycles. The molecule has 0 radical (unpaired) electrons. The molecule has 2 aromatic carbocycles. The van der Waals surface area contributed by atoms with E-state index >= 15 is 0 Å². The first-order chi connectivity index (χ1) is 11.8. The van der Waals surface area contributed by atoms with E-state index < -0.39 is 35.8 Å². The molecule has 0 N–H and O–H groups in total. The van der Waals surface area contributed by atoms with Gasteiger partial charge in [-0.2, -0.15) is 13.2 Å². The monoisotopic (exact) mass is 351 g/mol. The summed E-state index contributed by atoms with van der Waals surface area (Å²) in [5, 5.41) is 0. The van der Waals surface area contributed by atoms with Gasteiger partial charge in [-0.1, -0.05) is 30.3 Å². The number of hydrogen-bond acceptors (Lipinski definition) is 3. The highest BCUT2D eigenvalue weighted by molar-refractivity contribution is 5.97. The molecule has 0 saturated heterocycles. The fraction of sp³-hybridized carbons (Fsp3) is 0.222. The van der Waals surface area contributed by atoms with Gasteiger partial charge in [-0.05, 0) is 31.2 Å². The second-order valence-electron chi connectivity index (χ2n) is 5.09. The van der Waals surface area contributed by atoms with E-state index in [0.717, 1.165) is 12.1 Å². The number of carbonyl (C=O) groups is 2. The maximum atomic E-state index is 12.9. The maximum Gasteiger partial charge on any atom is 0.417 e. The Kier molecular flexibility index (Phi) is 5.80. The number of benzene rings is 2. The van der Waals surface area contributed by atoms with Crippen molar-refractivity contribution < 1.29 is 27.5 Å². The standard InChI is InChI=1S/C18H16F3NO3/c1-2-22(13-8-4-3-5-9-13)16(23)12-25-17(24)14-10-6-7-11-15(14)18(19,20)21/h3-11H,2,12H2,1H3. The molecule has 0 aliphatic heterocycles. The summed E-state index contributed by atoms with van der Waals surface area (Å²) in [5.74, 6) is -1.71. The van der Waals surface area contributed by atoms with Crippen molar-refractivity contribution in [3.8, 4) is 0 Å². The van der Waals surface area contributed by atoms with Crippen LogP contribution in [0.3, 0.4) is 0 Å². The zero-order valence-electron chi connectivity index (χ0n) is 13.4. The smallest absolute Gasteiger partial charge is 0.417 e. The van der Waals surface area contributed by atoms with Crippen molar-refractivity contribution in [3.63, 3.8) is 0 Å². The summed E-state index contributed by atoms with van der Waals surface area (Å²) in [7, 11) is 0. The Labute approximate surface area is 142 Å². The van der Waals surface area contributed by atoms with Gasteiger partial charge in [-0.15, -0.1) is 0 Å². The minimum Gasteiger partial charge on any atom is -0.452 e. The average molecular weight is 351 g/mol. The summed E-state index contributed by atoms with van der Waals surface area (Å²) in [5.41, 5.74) is -1.10. The van der Waals surface area contributed by atoms with Crippen molar-refractivity contribution in [2.75, 3.05) is 18.1 Å². The van der Waals surface area contributed by atoms with Crippen molar-refractivity contribution >= 4 is 17.6 Å². The van der Waals surface area contributed by atoms with Gasteiger partial charge in [0.05, 0.1) is 11.1 Å². The quantitative estimate of drug-likeness (QED) is 0.767. The van der Waals surface area contributed by atoms with Crippen LogP contribution in [0.5, 0.6) is 0 Å². The van der Waals surface area contributed by atoms with Crippen molar-refractivity contribution in [3.05, 3.63) is 65.7 Å². The average Bonchev–Trinajstić information content (AvgIpc) is 2.60. The number of hydrogen-bond donors (Lipinski definition) is 0. The zero-order valence-corrected chi connectivity index (χ0v) is 13.4. The molecule has 0 saturated carbocycles. The summed E-state index contributed by atoms with van der Waals surface area (Å²) in [6.07, 6.45) is -4.68. The molecule has 4 nitrogen and oxygen atoms in total. The third-order valence-corrected chi connectivity index (χ3v) is 3.46. The molecule has 0 heterocycles. The molecule has 7 heteroatoms. The number of ether oxygens (including phenoxy) is 1. The minimum atomic E-state index is -4.68. The summed E-state index contributed by atoms with van der Waals surface area (Å²) in [6.45, 7) is 1.43. The van der Waals surface area contributed by atoms with Gasteiger partial charge in [0.15, 0.2) is 6.61 Å². The van der Waals surface area contributed by atoms with Gasteiger partial charge in [-0.25, -0.2) is 4.79 Å². The Morgan fingerprint density at radius 2 is 1.60 bits per heavy atom. The predicted octanol–water partition coefficient (Wildman–Crippen LogP) is 3.92. The molecule has 0 bridgehead atoms. The number of halogens is 3. The van der Waals surface area contributed by atoms with Crippen LogP contribution in [-0.4, -0.2) is 25.0 Å².